The van der Waals surface area contributed by atoms with Crippen LogP contribution in [-0.2, 0) is 13.1 Å². The van der Waals surface area contributed by atoms with Gasteiger partial charge in [-0.15, -0.1) is 0 Å². The Morgan fingerprint density at radius 3 is 2.16 bits per heavy atom. The Hall–Kier alpha value is -3.97. The lowest BCUT2D eigenvalue weighted by atomic mass is 10.0. The first-order chi connectivity index (χ1) is 18.0. The summed E-state index contributed by atoms with van der Waals surface area (Å²) in [7, 11) is 0. The predicted molar refractivity (Wildman–Crippen MR) is 140 cm³/mol. The summed E-state index contributed by atoms with van der Waals surface area (Å²) < 4.78 is 5.73. The Morgan fingerprint density at radius 1 is 0.865 bits per heavy atom. The molecule has 3 aromatic rings. The van der Waals surface area contributed by atoms with E-state index >= 15 is 0 Å². The van der Waals surface area contributed by atoms with Crippen LogP contribution in [0.4, 0.5) is 0 Å². The summed E-state index contributed by atoms with van der Waals surface area (Å²) in [4.78, 5) is 42.6. The standard InChI is InChI=1S/C30H31N3O4/c1-2-37-27-13-12-22(20-33-29(35)24-10-6-7-11-25(24)30(33)36)18-26(27)28(34)31-23-14-16-32(17-15-23)19-21-8-4-3-5-9-21/h3-13,18,23H,2,14-17,19-20H2,1H3,(H,31,34). The highest BCUT2D eigenvalue weighted by Crippen LogP contribution is 2.27. The Kier molecular flexibility index (Phi) is 7.32. The van der Waals surface area contributed by atoms with Gasteiger partial charge in [0.15, 0.2) is 0 Å². The van der Waals surface area contributed by atoms with E-state index in [-0.39, 0.29) is 30.3 Å². The number of hydrogen-bond acceptors (Lipinski definition) is 5. The fourth-order valence-electron chi connectivity index (χ4n) is 5.04. The second-order valence-electron chi connectivity index (χ2n) is 9.52. The van der Waals surface area contributed by atoms with Gasteiger partial charge in [0.2, 0.25) is 0 Å². The zero-order valence-corrected chi connectivity index (χ0v) is 21.0. The third-order valence-electron chi connectivity index (χ3n) is 6.98. The Labute approximate surface area is 217 Å². The van der Waals surface area contributed by atoms with Crippen molar-refractivity contribution in [2.75, 3.05) is 19.7 Å². The van der Waals surface area contributed by atoms with Gasteiger partial charge in [0.1, 0.15) is 5.75 Å². The normalized spacial score (nSPS) is 16.1. The van der Waals surface area contributed by atoms with Crippen molar-refractivity contribution in [2.45, 2.75) is 38.9 Å². The number of nitrogens with one attached hydrogen (secondary N) is 1. The van der Waals surface area contributed by atoms with Crippen molar-refractivity contribution < 1.29 is 19.1 Å². The average Bonchev–Trinajstić information content (AvgIpc) is 3.16. The number of nitrogens with zero attached hydrogens (tertiary/aromatic N) is 2. The van der Waals surface area contributed by atoms with E-state index in [2.05, 4.69) is 34.5 Å². The molecule has 0 spiro atoms. The minimum atomic E-state index is -0.317. The SMILES string of the molecule is CCOc1ccc(CN2C(=O)c3ccccc3C2=O)cc1C(=O)NC1CCN(Cc2ccccc2)CC1. The van der Waals surface area contributed by atoms with E-state index in [4.69, 9.17) is 4.74 Å². The lowest BCUT2D eigenvalue weighted by molar-refractivity contribution is 0.0642. The zero-order valence-electron chi connectivity index (χ0n) is 21.0. The topological polar surface area (TPSA) is 78.9 Å². The third kappa shape index (κ3) is 5.42. The largest absolute Gasteiger partial charge is 0.493 e. The van der Waals surface area contributed by atoms with Crippen LogP contribution in [0.5, 0.6) is 5.75 Å². The molecule has 2 aliphatic heterocycles. The number of carbonyl (C=O) groups excluding carboxylic acids is 3. The molecular formula is C30H31N3O4. The summed E-state index contributed by atoms with van der Waals surface area (Å²) in [5.41, 5.74) is 3.23. The molecule has 1 saturated heterocycles. The van der Waals surface area contributed by atoms with Crippen molar-refractivity contribution in [3.63, 3.8) is 0 Å². The van der Waals surface area contributed by atoms with Crippen molar-refractivity contribution in [3.05, 3.63) is 101 Å². The van der Waals surface area contributed by atoms with Gasteiger partial charge in [-0.1, -0.05) is 48.5 Å². The van der Waals surface area contributed by atoms with Gasteiger partial charge in [-0.25, -0.2) is 0 Å². The lowest BCUT2D eigenvalue weighted by Crippen LogP contribution is -2.44. The fourth-order valence-corrected chi connectivity index (χ4v) is 5.04. The summed E-state index contributed by atoms with van der Waals surface area (Å²) in [6.45, 7) is 5.13. The van der Waals surface area contributed by atoms with E-state index < -0.39 is 0 Å². The first kappa shape index (κ1) is 24.7. The number of hydrogen-bond donors (Lipinski definition) is 1. The van der Waals surface area contributed by atoms with Gasteiger partial charge >= 0.3 is 0 Å². The van der Waals surface area contributed by atoms with Gasteiger partial charge in [-0.3, -0.25) is 24.2 Å². The quantitative estimate of drug-likeness (QED) is 0.470. The summed E-state index contributed by atoms with van der Waals surface area (Å²) >= 11 is 0. The highest BCUT2D eigenvalue weighted by Gasteiger charge is 2.35. The number of fused-ring (bicyclic) bond motifs is 1. The maximum atomic E-state index is 13.3. The van der Waals surface area contributed by atoms with Crippen LogP contribution in [0.1, 0.15) is 62.0 Å². The highest BCUT2D eigenvalue weighted by molar-refractivity contribution is 6.21. The molecule has 7 nitrogen and oxygen atoms in total. The predicted octanol–water partition coefficient (Wildman–Crippen LogP) is 4.28. The molecule has 0 bridgehead atoms. The van der Waals surface area contributed by atoms with Gasteiger partial charge in [0.05, 0.1) is 29.8 Å². The Bertz CT molecular complexity index is 1260. The van der Waals surface area contributed by atoms with Crippen molar-refractivity contribution in [3.8, 4) is 5.75 Å². The molecule has 0 radical (unpaired) electrons. The number of likely N-dealkylation sites (tertiary alicyclic amines) is 1. The smallest absolute Gasteiger partial charge is 0.261 e. The first-order valence-corrected chi connectivity index (χ1v) is 12.8. The molecule has 3 aromatic carbocycles. The molecule has 7 heteroatoms. The van der Waals surface area contributed by atoms with Crippen molar-refractivity contribution in [1.82, 2.24) is 15.1 Å². The minimum absolute atomic E-state index is 0.0777. The zero-order chi connectivity index (χ0) is 25.8. The van der Waals surface area contributed by atoms with Crippen molar-refractivity contribution in [1.29, 1.82) is 0 Å². The van der Waals surface area contributed by atoms with E-state index in [9.17, 15) is 14.4 Å². The molecule has 2 aliphatic rings. The van der Waals surface area contributed by atoms with Gasteiger partial charge in [0, 0.05) is 25.7 Å². The molecule has 2 heterocycles. The molecule has 0 atom stereocenters. The lowest BCUT2D eigenvalue weighted by Gasteiger charge is -2.32. The molecule has 1 fully saturated rings. The molecule has 1 N–H and O–H groups in total. The van der Waals surface area contributed by atoms with E-state index in [1.807, 2.05) is 13.0 Å². The van der Waals surface area contributed by atoms with E-state index in [0.717, 1.165) is 32.5 Å². The first-order valence-electron chi connectivity index (χ1n) is 12.8. The maximum absolute atomic E-state index is 13.3. The molecule has 3 amide bonds. The maximum Gasteiger partial charge on any atom is 0.261 e. The molecule has 0 unspecified atom stereocenters. The van der Waals surface area contributed by atoms with Crippen LogP contribution in [0.25, 0.3) is 0 Å². The number of imide groups is 1. The number of amides is 3. The van der Waals surface area contributed by atoms with E-state index in [1.165, 1.54) is 10.5 Å². The summed E-state index contributed by atoms with van der Waals surface area (Å²) in [5, 5.41) is 3.18. The van der Waals surface area contributed by atoms with Crippen molar-refractivity contribution in [2.24, 2.45) is 0 Å². The van der Waals surface area contributed by atoms with Crippen LogP contribution < -0.4 is 10.1 Å². The summed E-state index contributed by atoms with van der Waals surface area (Å²) in [6.07, 6.45) is 1.74. The Balaban J connectivity index is 1.25. The van der Waals surface area contributed by atoms with Gasteiger partial charge in [-0.2, -0.15) is 0 Å². The van der Waals surface area contributed by atoms with Gasteiger partial charge in [0.25, 0.3) is 17.7 Å². The minimum Gasteiger partial charge on any atom is -0.493 e. The molecular weight excluding hydrogens is 466 g/mol. The molecule has 190 valence electrons. The summed E-state index contributed by atoms with van der Waals surface area (Å²) in [6, 6.07) is 22.6. The van der Waals surface area contributed by atoms with Crippen LogP contribution in [0.3, 0.4) is 0 Å². The Morgan fingerprint density at radius 2 is 1.51 bits per heavy atom. The van der Waals surface area contributed by atoms with E-state index in [1.54, 1.807) is 42.5 Å². The number of ether oxygens (including phenoxy) is 1. The van der Waals surface area contributed by atoms with Gasteiger partial charge < -0.3 is 10.1 Å². The van der Waals surface area contributed by atoms with E-state index in [0.29, 0.717) is 34.6 Å². The molecule has 0 aromatic heterocycles. The molecule has 0 aliphatic carbocycles. The third-order valence-corrected chi connectivity index (χ3v) is 6.98. The highest BCUT2D eigenvalue weighted by atomic mass is 16.5. The molecule has 37 heavy (non-hydrogen) atoms. The van der Waals surface area contributed by atoms with Gasteiger partial charge in [-0.05, 0) is 55.2 Å². The molecule has 0 saturated carbocycles. The molecule has 5 rings (SSSR count). The second-order valence-corrected chi connectivity index (χ2v) is 9.52. The average molecular weight is 498 g/mol. The number of carbonyl (C=O) groups is 3. The number of benzene rings is 3. The summed E-state index contributed by atoms with van der Waals surface area (Å²) in [5.74, 6) is -0.340. The number of rotatable bonds is 8. The fraction of sp³-hybridized carbons (Fsp3) is 0.300. The number of piperidine rings is 1. The second kappa shape index (κ2) is 11.0. The van der Waals surface area contributed by atoms with Crippen LogP contribution in [0.2, 0.25) is 0 Å². The van der Waals surface area contributed by atoms with Crippen LogP contribution in [0, 0.1) is 0 Å². The van der Waals surface area contributed by atoms with Crippen molar-refractivity contribution >= 4 is 17.7 Å². The monoisotopic (exact) mass is 497 g/mol. The van der Waals surface area contributed by atoms with Crippen LogP contribution in [-0.4, -0.2) is 53.3 Å². The van der Waals surface area contributed by atoms with Crippen LogP contribution in [0.15, 0.2) is 72.8 Å². The van der Waals surface area contributed by atoms with Crippen LogP contribution >= 0.6 is 0 Å².